The number of carbonyl (C=O) groups is 3. The first-order valence-corrected chi connectivity index (χ1v) is 7.33. The quantitative estimate of drug-likeness (QED) is 0.795. The van der Waals surface area contributed by atoms with E-state index in [1.807, 2.05) is 0 Å². The molecule has 0 bridgehead atoms. The van der Waals surface area contributed by atoms with Crippen LogP contribution in [-0.2, 0) is 9.59 Å². The molecule has 1 aromatic rings. The van der Waals surface area contributed by atoms with Gasteiger partial charge in [-0.25, -0.2) is 4.79 Å². The van der Waals surface area contributed by atoms with E-state index in [-0.39, 0.29) is 28.8 Å². The molecule has 0 aliphatic rings. The van der Waals surface area contributed by atoms with Gasteiger partial charge >= 0.3 is 5.97 Å². The Kier molecular flexibility index (Phi) is 5.20. The molecule has 0 saturated heterocycles. The third-order valence-electron chi connectivity index (χ3n) is 3.14. The van der Waals surface area contributed by atoms with Gasteiger partial charge in [0.15, 0.2) is 0 Å². The second-order valence-electron chi connectivity index (χ2n) is 7.44. The van der Waals surface area contributed by atoms with Gasteiger partial charge in [-0.3, -0.25) is 9.59 Å². The first-order chi connectivity index (χ1) is 10.3. The van der Waals surface area contributed by atoms with Crippen LogP contribution in [0.15, 0.2) is 18.2 Å². The van der Waals surface area contributed by atoms with Gasteiger partial charge in [0.2, 0.25) is 11.8 Å². The molecule has 6 heteroatoms. The molecule has 0 aliphatic heterocycles. The zero-order chi connectivity index (χ0) is 18.0. The van der Waals surface area contributed by atoms with E-state index in [4.69, 9.17) is 0 Å². The van der Waals surface area contributed by atoms with Crippen LogP contribution in [0.25, 0.3) is 0 Å². The zero-order valence-corrected chi connectivity index (χ0v) is 14.4. The topological polar surface area (TPSA) is 95.5 Å². The van der Waals surface area contributed by atoms with Crippen molar-refractivity contribution < 1.29 is 19.5 Å². The summed E-state index contributed by atoms with van der Waals surface area (Å²) in [5, 5.41) is 14.7. The number of carbonyl (C=O) groups excluding carboxylic acids is 2. The van der Waals surface area contributed by atoms with Crippen molar-refractivity contribution in [3.63, 3.8) is 0 Å². The molecule has 0 unspecified atom stereocenters. The van der Waals surface area contributed by atoms with E-state index in [1.54, 1.807) is 47.6 Å². The summed E-state index contributed by atoms with van der Waals surface area (Å²) < 4.78 is 0. The van der Waals surface area contributed by atoms with Gasteiger partial charge in [0, 0.05) is 10.8 Å². The Labute approximate surface area is 136 Å². The van der Waals surface area contributed by atoms with Crippen molar-refractivity contribution in [3.8, 4) is 0 Å². The highest BCUT2D eigenvalue weighted by molar-refractivity contribution is 6.08. The summed E-state index contributed by atoms with van der Waals surface area (Å²) in [6, 6.07) is 4.59. The third kappa shape index (κ3) is 4.81. The van der Waals surface area contributed by atoms with Gasteiger partial charge in [0.1, 0.15) is 5.56 Å². The highest BCUT2D eigenvalue weighted by atomic mass is 16.4. The van der Waals surface area contributed by atoms with E-state index in [0.717, 1.165) is 0 Å². The smallest absolute Gasteiger partial charge is 0.339 e. The van der Waals surface area contributed by atoms with Gasteiger partial charge in [0.05, 0.1) is 11.4 Å². The molecule has 2 amide bonds. The number of carboxylic acids is 1. The minimum absolute atomic E-state index is 0.136. The average Bonchev–Trinajstić information content (AvgIpc) is 2.36. The second-order valence-corrected chi connectivity index (χ2v) is 7.44. The van der Waals surface area contributed by atoms with Crippen LogP contribution in [0.5, 0.6) is 0 Å². The number of carboxylic acid groups (broad SMARTS) is 1. The fourth-order valence-corrected chi connectivity index (χ4v) is 1.61. The molecule has 0 radical (unpaired) electrons. The zero-order valence-electron chi connectivity index (χ0n) is 14.4. The summed E-state index contributed by atoms with van der Waals surface area (Å²) in [6.07, 6.45) is 0. The predicted octanol–water partition coefficient (Wildman–Crippen LogP) is 3.35. The van der Waals surface area contributed by atoms with Crippen LogP contribution in [-0.4, -0.2) is 22.9 Å². The molecule has 0 aliphatic carbocycles. The van der Waals surface area contributed by atoms with E-state index in [1.165, 1.54) is 12.1 Å². The van der Waals surface area contributed by atoms with Crippen molar-refractivity contribution in [1.82, 2.24) is 0 Å². The van der Waals surface area contributed by atoms with Gasteiger partial charge in [0.25, 0.3) is 0 Å². The highest BCUT2D eigenvalue weighted by Gasteiger charge is 2.27. The van der Waals surface area contributed by atoms with Crippen molar-refractivity contribution in [2.24, 2.45) is 10.8 Å². The number of benzene rings is 1. The van der Waals surface area contributed by atoms with E-state index in [9.17, 15) is 19.5 Å². The number of amides is 2. The minimum atomic E-state index is -1.22. The lowest BCUT2D eigenvalue weighted by Gasteiger charge is -2.21. The number of nitrogens with one attached hydrogen (secondary N) is 2. The van der Waals surface area contributed by atoms with Gasteiger partial charge < -0.3 is 15.7 Å². The van der Waals surface area contributed by atoms with E-state index in [0.29, 0.717) is 0 Å². The van der Waals surface area contributed by atoms with Crippen molar-refractivity contribution in [2.45, 2.75) is 41.5 Å². The molecular weight excluding hydrogens is 296 g/mol. The summed E-state index contributed by atoms with van der Waals surface area (Å²) >= 11 is 0. The molecule has 23 heavy (non-hydrogen) atoms. The maximum atomic E-state index is 12.1. The van der Waals surface area contributed by atoms with Crippen LogP contribution in [0.3, 0.4) is 0 Å². The summed E-state index contributed by atoms with van der Waals surface area (Å²) in [5.74, 6) is -1.84. The van der Waals surface area contributed by atoms with E-state index >= 15 is 0 Å². The first kappa shape index (κ1) is 18.7. The minimum Gasteiger partial charge on any atom is -0.478 e. The Morgan fingerprint density at radius 1 is 0.826 bits per heavy atom. The Morgan fingerprint density at radius 2 is 1.17 bits per heavy atom. The Balaban J connectivity index is 3.25. The van der Waals surface area contributed by atoms with Crippen molar-refractivity contribution in [3.05, 3.63) is 23.8 Å². The van der Waals surface area contributed by atoms with Crippen molar-refractivity contribution in [2.75, 3.05) is 10.6 Å². The summed E-state index contributed by atoms with van der Waals surface area (Å²) in [4.78, 5) is 35.8. The van der Waals surface area contributed by atoms with Gasteiger partial charge in [-0.05, 0) is 12.1 Å². The molecule has 0 heterocycles. The summed E-state index contributed by atoms with van der Waals surface area (Å²) in [6.45, 7) is 10.4. The fraction of sp³-hybridized carbons (Fsp3) is 0.471. The third-order valence-corrected chi connectivity index (χ3v) is 3.14. The normalized spacial score (nSPS) is 11.7. The van der Waals surface area contributed by atoms with E-state index < -0.39 is 16.8 Å². The molecule has 0 saturated carbocycles. The lowest BCUT2D eigenvalue weighted by Crippen LogP contribution is -2.30. The SMILES string of the molecule is CC(C)(C)C(=O)Nc1cccc(NC(=O)C(C)(C)C)c1C(=O)O. The predicted molar refractivity (Wildman–Crippen MR) is 89.6 cm³/mol. The number of anilines is 2. The molecule has 0 aromatic heterocycles. The number of rotatable bonds is 3. The molecule has 0 fully saturated rings. The monoisotopic (exact) mass is 320 g/mol. The maximum absolute atomic E-state index is 12.1. The second kappa shape index (κ2) is 6.40. The molecule has 1 rings (SSSR count). The Morgan fingerprint density at radius 3 is 1.43 bits per heavy atom. The molecular formula is C17H24N2O4. The van der Waals surface area contributed by atoms with Crippen LogP contribution in [0.1, 0.15) is 51.9 Å². The first-order valence-electron chi connectivity index (χ1n) is 7.33. The highest BCUT2D eigenvalue weighted by Crippen LogP contribution is 2.28. The van der Waals surface area contributed by atoms with Gasteiger partial charge in [-0.15, -0.1) is 0 Å². The molecule has 1 aromatic carbocycles. The Hall–Kier alpha value is -2.37. The largest absolute Gasteiger partial charge is 0.478 e. The maximum Gasteiger partial charge on any atom is 0.339 e. The van der Waals surface area contributed by atoms with Crippen LogP contribution < -0.4 is 10.6 Å². The van der Waals surface area contributed by atoms with Gasteiger partial charge in [-0.1, -0.05) is 47.6 Å². The number of hydrogen-bond donors (Lipinski definition) is 3. The molecule has 126 valence electrons. The summed E-state index contributed by atoms with van der Waals surface area (Å²) in [5.41, 5.74) is -1.16. The Bertz CT molecular complexity index is 591. The fourth-order valence-electron chi connectivity index (χ4n) is 1.61. The standard InChI is InChI=1S/C17H24N2O4/c1-16(2,3)14(22)18-10-8-7-9-11(12(10)13(20)21)19-15(23)17(4,5)6/h7-9H,1-6H3,(H,18,22)(H,19,23)(H,20,21). The van der Waals surface area contributed by atoms with Crippen LogP contribution in [0.4, 0.5) is 11.4 Å². The van der Waals surface area contributed by atoms with Crippen molar-refractivity contribution >= 4 is 29.2 Å². The number of hydrogen-bond acceptors (Lipinski definition) is 3. The molecule has 6 nitrogen and oxygen atoms in total. The average molecular weight is 320 g/mol. The van der Waals surface area contributed by atoms with Crippen LogP contribution >= 0.6 is 0 Å². The van der Waals surface area contributed by atoms with Crippen molar-refractivity contribution in [1.29, 1.82) is 0 Å². The van der Waals surface area contributed by atoms with Crippen LogP contribution in [0, 0.1) is 10.8 Å². The molecule has 0 atom stereocenters. The van der Waals surface area contributed by atoms with Crippen LogP contribution in [0.2, 0.25) is 0 Å². The summed E-state index contributed by atoms with van der Waals surface area (Å²) in [7, 11) is 0. The van der Waals surface area contributed by atoms with Gasteiger partial charge in [-0.2, -0.15) is 0 Å². The lowest BCUT2D eigenvalue weighted by molar-refractivity contribution is -0.123. The van der Waals surface area contributed by atoms with E-state index in [2.05, 4.69) is 10.6 Å². The lowest BCUT2D eigenvalue weighted by atomic mass is 9.94. The molecule has 3 N–H and O–H groups in total. The molecule has 0 spiro atoms. The number of aromatic carboxylic acids is 1.